The first-order chi connectivity index (χ1) is 20.7. The molecule has 0 aliphatic carbocycles. The van der Waals surface area contributed by atoms with Crippen LogP contribution in [0.4, 0.5) is 0 Å². The zero-order chi connectivity index (χ0) is 32.7. The van der Waals surface area contributed by atoms with Gasteiger partial charge < -0.3 is 14.6 Å². The lowest BCUT2D eigenvalue weighted by molar-refractivity contribution is -0.156. The minimum Gasteiger partial charge on any atom is -0.478 e. The van der Waals surface area contributed by atoms with Gasteiger partial charge in [0.25, 0.3) is 0 Å². The second kappa shape index (κ2) is 14.3. The summed E-state index contributed by atoms with van der Waals surface area (Å²) in [6.45, 7) is 13.9. The van der Waals surface area contributed by atoms with Gasteiger partial charge in [0, 0.05) is 10.8 Å². The molecule has 6 nitrogen and oxygen atoms in total. The lowest BCUT2D eigenvalue weighted by Crippen LogP contribution is -2.48. The number of carbonyl (C=O) groups is 3. The summed E-state index contributed by atoms with van der Waals surface area (Å²) in [7, 11) is -3.22. The average molecular weight is 618 g/mol. The quantitative estimate of drug-likeness (QED) is 0.104. The second-order valence-corrected chi connectivity index (χ2v) is 16.1. The molecule has 1 atom stereocenters. The normalized spacial score (nSPS) is 13.6. The Labute approximate surface area is 262 Å². The van der Waals surface area contributed by atoms with Crippen molar-refractivity contribution in [3.63, 3.8) is 0 Å². The van der Waals surface area contributed by atoms with E-state index >= 15 is 0 Å². The molecule has 1 N–H and O–H groups in total. The van der Waals surface area contributed by atoms with Crippen LogP contribution in [0.15, 0.2) is 102 Å². The first kappa shape index (κ1) is 34.7. The van der Waals surface area contributed by atoms with Gasteiger partial charge in [-0.15, -0.1) is 0 Å². The van der Waals surface area contributed by atoms with E-state index in [-0.39, 0.29) is 18.5 Å². The number of aliphatic hydroxyl groups is 1. The molecule has 0 heterocycles. The van der Waals surface area contributed by atoms with E-state index in [0.29, 0.717) is 0 Å². The fraction of sp³-hybridized carbons (Fsp3) is 0.378. The van der Waals surface area contributed by atoms with Gasteiger partial charge in [-0.25, -0.2) is 0 Å². The fourth-order valence-electron chi connectivity index (χ4n) is 5.51. The van der Waals surface area contributed by atoms with Crippen molar-refractivity contribution < 1.29 is 29.0 Å². The first-order valence-corrected chi connectivity index (χ1v) is 16.9. The summed E-state index contributed by atoms with van der Waals surface area (Å²) in [5, 5.41) is 14.7. The molecule has 0 aliphatic rings. The molecule has 1 unspecified atom stereocenters. The molecule has 0 spiro atoms. The number of carbonyl (C=O) groups excluding carboxylic acids is 3. The van der Waals surface area contributed by atoms with Gasteiger partial charge in [0.2, 0.25) is 0 Å². The van der Waals surface area contributed by atoms with Crippen molar-refractivity contribution in [2.24, 2.45) is 22.7 Å². The van der Waals surface area contributed by atoms with Crippen molar-refractivity contribution in [3.8, 4) is 0 Å². The SMILES string of the molecule is CCOC(=O)C(/C(=C(/O)OCC)[P+](c1ccccc1)(c1ccccc1)c1ccccc1)C(C(=O)C(C)(C)C)C(=O)C(C)(C)C. The maximum Gasteiger partial charge on any atom is 0.318 e. The average Bonchev–Trinajstić information content (AvgIpc) is 2.99. The highest BCUT2D eigenvalue weighted by Crippen LogP contribution is 2.67. The van der Waals surface area contributed by atoms with Crippen molar-refractivity contribution in [2.45, 2.75) is 55.4 Å². The summed E-state index contributed by atoms with van der Waals surface area (Å²) in [5.41, 5.74) is -1.98. The van der Waals surface area contributed by atoms with E-state index in [9.17, 15) is 19.5 Å². The molecule has 0 aliphatic heterocycles. The van der Waals surface area contributed by atoms with Gasteiger partial charge in [-0.2, -0.15) is 0 Å². The van der Waals surface area contributed by atoms with Crippen molar-refractivity contribution in [1.82, 2.24) is 0 Å². The van der Waals surface area contributed by atoms with Gasteiger partial charge >= 0.3 is 11.9 Å². The Kier molecular flexibility index (Phi) is 11.3. The Balaban J connectivity index is 2.70. The molecule has 0 aromatic heterocycles. The van der Waals surface area contributed by atoms with E-state index in [0.717, 1.165) is 15.9 Å². The Morgan fingerprint density at radius 3 is 1.25 bits per heavy atom. The first-order valence-electron chi connectivity index (χ1n) is 15.1. The van der Waals surface area contributed by atoms with Crippen LogP contribution < -0.4 is 15.9 Å². The third kappa shape index (κ3) is 7.13. The van der Waals surface area contributed by atoms with Crippen molar-refractivity contribution in [2.75, 3.05) is 13.2 Å². The molecule has 0 fully saturated rings. The van der Waals surface area contributed by atoms with Crippen LogP contribution in [-0.4, -0.2) is 35.9 Å². The highest BCUT2D eigenvalue weighted by atomic mass is 31.2. The number of Topliss-reactive ketones (excluding diaryl/α,β-unsaturated/α-hetero) is 2. The topological polar surface area (TPSA) is 89.9 Å². The molecule has 0 saturated carbocycles. The van der Waals surface area contributed by atoms with Crippen molar-refractivity contribution in [3.05, 3.63) is 102 Å². The van der Waals surface area contributed by atoms with Crippen molar-refractivity contribution in [1.29, 1.82) is 0 Å². The summed E-state index contributed by atoms with van der Waals surface area (Å²) < 4.78 is 11.6. The largest absolute Gasteiger partial charge is 0.478 e. The summed E-state index contributed by atoms with van der Waals surface area (Å²) >= 11 is 0. The summed E-state index contributed by atoms with van der Waals surface area (Å²) in [6, 6.07) is 28.9. The molecular weight excluding hydrogens is 571 g/mol. The van der Waals surface area contributed by atoms with Crippen LogP contribution in [0.25, 0.3) is 0 Å². The van der Waals surface area contributed by atoms with Crippen LogP contribution in [0.5, 0.6) is 0 Å². The van der Waals surface area contributed by atoms with E-state index in [1.54, 1.807) is 55.4 Å². The van der Waals surface area contributed by atoms with Gasteiger partial charge in [0.15, 0.2) is 5.31 Å². The van der Waals surface area contributed by atoms with Crippen LogP contribution in [0.2, 0.25) is 0 Å². The molecule has 3 aromatic carbocycles. The zero-order valence-corrected chi connectivity index (χ0v) is 28.1. The summed E-state index contributed by atoms with van der Waals surface area (Å²) in [4.78, 5) is 43.4. The molecule has 44 heavy (non-hydrogen) atoms. The Hall–Kier alpha value is -3.76. The molecule has 3 rings (SSSR count). The molecule has 3 aromatic rings. The van der Waals surface area contributed by atoms with Crippen molar-refractivity contribution >= 4 is 40.7 Å². The third-order valence-electron chi connectivity index (χ3n) is 7.50. The number of rotatable bonds is 12. The van der Waals surface area contributed by atoms with Crippen LogP contribution >= 0.6 is 7.26 Å². The molecular formula is C37H46O6P+. The van der Waals surface area contributed by atoms with E-state index in [2.05, 4.69) is 0 Å². The highest BCUT2D eigenvalue weighted by molar-refractivity contribution is 7.99. The van der Waals surface area contributed by atoms with E-state index in [1.807, 2.05) is 91.0 Å². The molecule has 0 amide bonds. The van der Waals surface area contributed by atoms with E-state index in [1.165, 1.54) is 0 Å². The maximum absolute atomic E-state index is 14.5. The number of benzene rings is 3. The van der Waals surface area contributed by atoms with Gasteiger partial charge in [-0.3, -0.25) is 14.4 Å². The van der Waals surface area contributed by atoms with E-state index in [4.69, 9.17) is 9.47 Å². The lowest BCUT2D eigenvalue weighted by Gasteiger charge is -2.37. The number of hydrogen-bond donors (Lipinski definition) is 1. The fourth-order valence-corrected chi connectivity index (χ4v) is 10.1. The number of hydrogen-bond acceptors (Lipinski definition) is 6. The Morgan fingerprint density at radius 1 is 0.614 bits per heavy atom. The molecule has 234 valence electrons. The molecule has 0 radical (unpaired) electrons. The highest BCUT2D eigenvalue weighted by Gasteiger charge is 2.61. The minimum absolute atomic E-state index is 0.0194. The Morgan fingerprint density at radius 2 is 0.955 bits per heavy atom. The summed E-state index contributed by atoms with van der Waals surface area (Å²) in [6.07, 6.45) is 0. The van der Waals surface area contributed by atoms with Gasteiger partial charge in [-0.05, 0) is 50.2 Å². The minimum atomic E-state index is -3.22. The predicted octanol–water partition coefficient (Wildman–Crippen LogP) is 6.77. The second-order valence-electron chi connectivity index (χ2n) is 12.7. The van der Waals surface area contributed by atoms with E-state index < -0.39 is 53.4 Å². The number of esters is 1. The number of ketones is 2. The Bertz CT molecular complexity index is 1330. The van der Waals surface area contributed by atoms with Crippen LogP contribution in [0, 0.1) is 22.7 Å². The van der Waals surface area contributed by atoms with Crippen LogP contribution in [0.3, 0.4) is 0 Å². The standard InChI is InChI=1S/C37H45O6P/c1-9-42-34(40)29(30(32(38)36(3,4)5)33(39)37(6,7)8)31(35(41)43-10-2)44(26-20-14-11-15-21-26,27-22-16-12-17-23-27)28-24-18-13-19-25-28/h11-25,29-30H,9-10H2,1-8H3/p+1/b35-31+. The third-order valence-corrected chi connectivity index (χ3v) is 11.9. The predicted molar refractivity (Wildman–Crippen MR) is 179 cm³/mol. The number of aliphatic hydroxyl groups excluding tert-OH is 1. The zero-order valence-electron chi connectivity index (χ0n) is 27.2. The molecule has 7 heteroatoms. The van der Waals surface area contributed by atoms with Crippen LogP contribution in [-0.2, 0) is 23.9 Å². The molecule has 0 bridgehead atoms. The van der Waals surface area contributed by atoms with Gasteiger partial charge in [-0.1, -0.05) is 96.1 Å². The number of ether oxygens (including phenoxy) is 2. The molecule has 0 saturated heterocycles. The maximum atomic E-state index is 14.5. The smallest absolute Gasteiger partial charge is 0.318 e. The van der Waals surface area contributed by atoms with Gasteiger partial charge in [0.05, 0.1) is 19.1 Å². The summed E-state index contributed by atoms with van der Waals surface area (Å²) in [5.74, 6) is -5.00. The van der Waals surface area contributed by atoms with Gasteiger partial charge in [0.1, 0.15) is 40.7 Å². The monoisotopic (exact) mass is 617 g/mol. The lowest BCUT2D eigenvalue weighted by atomic mass is 9.69. The van der Waals surface area contributed by atoms with Crippen LogP contribution in [0.1, 0.15) is 55.4 Å².